The van der Waals surface area contributed by atoms with Gasteiger partial charge in [-0.1, -0.05) is 37.3 Å². The van der Waals surface area contributed by atoms with Crippen LogP contribution in [0.4, 0.5) is 4.79 Å². The molecule has 1 aromatic rings. The average Bonchev–Trinajstić information content (AvgIpc) is 2.81. The van der Waals surface area contributed by atoms with E-state index in [4.69, 9.17) is 4.74 Å². The molecule has 90 valence electrons. The van der Waals surface area contributed by atoms with E-state index in [0.717, 1.165) is 36.4 Å². The summed E-state index contributed by atoms with van der Waals surface area (Å²) in [4.78, 5) is 13.6. The summed E-state index contributed by atoms with van der Waals surface area (Å²) in [5, 5.41) is 0. The van der Waals surface area contributed by atoms with Crippen LogP contribution in [0.2, 0.25) is 0 Å². The van der Waals surface area contributed by atoms with Gasteiger partial charge in [0.15, 0.2) is 0 Å². The number of rotatable bonds is 2. The van der Waals surface area contributed by atoms with Gasteiger partial charge in [-0.25, -0.2) is 4.79 Å². The smallest absolute Gasteiger partial charge is 0.410 e. The predicted octanol–water partition coefficient (Wildman–Crippen LogP) is 2.52. The van der Waals surface area contributed by atoms with Gasteiger partial charge in [-0.2, -0.15) is 0 Å². The highest BCUT2D eigenvalue weighted by Gasteiger charge is 2.54. The number of benzene rings is 1. The fourth-order valence-electron chi connectivity index (χ4n) is 2.78. The lowest BCUT2D eigenvalue weighted by atomic mass is 10.2. The summed E-state index contributed by atoms with van der Waals surface area (Å²) in [7, 11) is 0. The molecule has 0 aromatic heterocycles. The van der Waals surface area contributed by atoms with E-state index >= 15 is 0 Å². The minimum absolute atomic E-state index is 0.159. The van der Waals surface area contributed by atoms with Crippen molar-refractivity contribution in [3.8, 4) is 0 Å². The zero-order chi connectivity index (χ0) is 11.8. The Morgan fingerprint density at radius 1 is 1.29 bits per heavy atom. The standard InChI is InChI=1S/C14H17NO2/c1-10-12-7-15(8-13(10)12)14(16)17-9-11-5-3-2-4-6-11/h2-6,10,12-13H,7-9H2,1H3/t10?,12-,13+. The van der Waals surface area contributed by atoms with Gasteiger partial charge >= 0.3 is 6.09 Å². The highest BCUT2D eigenvalue weighted by Crippen LogP contribution is 2.51. The number of hydrogen-bond acceptors (Lipinski definition) is 2. The summed E-state index contributed by atoms with van der Waals surface area (Å²) < 4.78 is 5.30. The molecule has 17 heavy (non-hydrogen) atoms. The van der Waals surface area contributed by atoms with Crippen molar-refractivity contribution in [3.05, 3.63) is 35.9 Å². The monoisotopic (exact) mass is 231 g/mol. The summed E-state index contributed by atoms with van der Waals surface area (Å²) in [5.41, 5.74) is 1.04. The maximum atomic E-state index is 11.8. The quantitative estimate of drug-likeness (QED) is 0.782. The number of carbonyl (C=O) groups is 1. The zero-order valence-corrected chi connectivity index (χ0v) is 10.0. The first kappa shape index (κ1) is 10.6. The third kappa shape index (κ3) is 2.02. The summed E-state index contributed by atoms with van der Waals surface area (Å²) >= 11 is 0. The highest BCUT2D eigenvalue weighted by atomic mass is 16.6. The Kier molecular flexibility index (Phi) is 2.54. The third-order valence-electron chi connectivity index (χ3n) is 4.09. The summed E-state index contributed by atoms with van der Waals surface area (Å²) in [6.07, 6.45) is -0.159. The molecule has 3 rings (SSSR count). The summed E-state index contributed by atoms with van der Waals surface area (Å²) in [6.45, 7) is 4.42. The van der Waals surface area contributed by atoms with Crippen molar-refractivity contribution in [2.45, 2.75) is 13.5 Å². The molecule has 1 unspecified atom stereocenters. The molecule has 0 spiro atoms. The highest BCUT2D eigenvalue weighted by molar-refractivity contribution is 5.68. The third-order valence-corrected chi connectivity index (χ3v) is 4.09. The largest absolute Gasteiger partial charge is 0.445 e. The molecule has 2 aliphatic rings. The van der Waals surface area contributed by atoms with E-state index in [2.05, 4.69) is 6.92 Å². The first-order valence-corrected chi connectivity index (χ1v) is 6.21. The molecule has 1 saturated carbocycles. The van der Waals surface area contributed by atoms with Crippen LogP contribution in [0.5, 0.6) is 0 Å². The van der Waals surface area contributed by atoms with E-state index in [-0.39, 0.29) is 6.09 Å². The minimum Gasteiger partial charge on any atom is -0.445 e. The van der Waals surface area contributed by atoms with Gasteiger partial charge < -0.3 is 9.64 Å². The number of ether oxygens (including phenoxy) is 1. The lowest BCUT2D eigenvalue weighted by molar-refractivity contribution is 0.0990. The second kappa shape index (κ2) is 4.06. The predicted molar refractivity (Wildman–Crippen MR) is 64.3 cm³/mol. The van der Waals surface area contributed by atoms with Crippen molar-refractivity contribution in [3.63, 3.8) is 0 Å². The molecule has 1 aliphatic carbocycles. The summed E-state index contributed by atoms with van der Waals surface area (Å²) in [5.74, 6) is 2.28. The van der Waals surface area contributed by atoms with Crippen molar-refractivity contribution >= 4 is 6.09 Å². The van der Waals surface area contributed by atoms with E-state index in [9.17, 15) is 4.79 Å². The Balaban J connectivity index is 1.49. The Bertz CT molecular complexity index is 405. The molecule has 1 saturated heterocycles. The van der Waals surface area contributed by atoms with Crippen molar-refractivity contribution in [2.24, 2.45) is 17.8 Å². The Morgan fingerprint density at radius 3 is 2.59 bits per heavy atom. The first-order valence-electron chi connectivity index (χ1n) is 6.21. The van der Waals surface area contributed by atoms with Gasteiger partial charge in [0, 0.05) is 13.1 Å². The maximum absolute atomic E-state index is 11.8. The Morgan fingerprint density at radius 2 is 1.94 bits per heavy atom. The van der Waals surface area contributed by atoms with Crippen molar-refractivity contribution in [2.75, 3.05) is 13.1 Å². The number of nitrogens with zero attached hydrogens (tertiary/aromatic N) is 1. The van der Waals surface area contributed by atoms with Gasteiger partial charge in [-0.3, -0.25) is 0 Å². The van der Waals surface area contributed by atoms with E-state index < -0.39 is 0 Å². The van der Waals surface area contributed by atoms with Crippen LogP contribution in [0.1, 0.15) is 12.5 Å². The van der Waals surface area contributed by atoms with Crippen LogP contribution in [0.3, 0.4) is 0 Å². The van der Waals surface area contributed by atoms with Crippen molar-refractivity contribution in [1.29, 1.82) is 0 Å². The molecule has 3 nitrogen and oxygen atoms in total. The van der Waals surface area contributed by atoms with Crippen LogP contribution in [-0.2, 0) is 11.3 Å². The van der Waals surface area contributed by atoms with Crippen LogP contribution in [0.15, 0.2) is 30.3 Å². The Labute approximate surface area is 101 Å². The second-order valence-corrected chi connectivity index (χ2v) is 5.13. The zero-order valence-electron chi connectivity index (χ0n) is 10.0. The van der Waals surface area contributed by atoms with Crippen LogP contribution >= 0.6 is 0 Å². The molecule has 1 aliphatic heterocycles. The molecule has 0 N–H and O–H groups in total. The average molecular weight is 231 g/mol. The van der Waals surface area contributed by atoms with Gasteiger partial charge in [0.2, 0.25) is 0 Å². The molecule has 3 heteroatoms. The number of amides is 1. The molecule has 1 aromatic carbocycles. The minimum atomic E-state index is -0.159. The van der Waals surface area contributed by atoms with E-state index in [1.54, 1.807) is 0 Å². The molecule has 3 atom stereocenters. The topological polar surface area (TPSA) is 29.5 Å². The van der Waals surface area contributed by atoms with Crippen LogP contribution in [0, 0.1) is 17.8 Å². The number of carbonyl (C=O) groups excluding carboxylic acids is 1. The van der Waals surface area contributed by atoms with Gasteiger partial charge in [-0.05, 0) is 23.3 Å². The SMILES string of the molecule is CC1[C@H]2CN(C(=O)OCc3ccccc3)C[C@@H]12. The van der Waals surface area contributed by atoms with Crippen LogP contribution < -0.4 is 0 Å². The van der Waals surface area contributed by atoms with Crippen LogP contribution in [-0.4, -0.2) is 24.1 Å². The van der Waals surface area contributed by atoms with E-state index in [1.807, 2.05) is 35.2 Å². The molecular weight excluding hydrogens is 214 g/mol. The normalized spacial score (nSPS) is 29.9. The molecule has 1 amide bonds. The molecule has 1 heterocycles. The maximum Gasteiger partial charge on any atom is 0.410 e. The molecule has 0 bridgehead atoms. The molecular formula is C14H17NO2. The van der Waals surface area contributed by atoms with E-state index in [0.29, 0.717) is 6.61 Å². The Hall–Kier alpha value is -1.51. The molecule has 2 fully saturated rings. The lowest BCUT2D eigenvalue weighted by Crippen LogP contribution is -2.31. The van der Waals surface area contributed by atoms with Gasteiger partial charge in [0.25, 0.3) is 0 Å². The van der Waals surface area contributed by atoms with Crippen molar-refractivity contribution in [1.82, 2.24) is 4.90 Å². The van der Waals surface area contributed by atoms with Gasteiger partial charge in [0.05, 0.1) is 0 Å². The number of likely N-dealkylation sites (tertiary alicyclic amines) is 1. The fourth-order valence-corrected chi connectivity index (χ4v) is 2.78. The van der Waals surface area contributed by atoms with Crippen LogP contribution in [0.25, 0.3) is 0 Å². The number of hydrogen-bond donors (Lipinski definition) is 0. The number of piperidine rings is 1. The fraction of sp³-hybridized carbons (Fsp3) is 0.500. The molecule has 0 radical (unpaired) electrons. The van der Waals surface area contributed by atoms with Crippen molar-refractivity contribution < 1.29 is 9.53 Å². The number of fused-ring (bicyclic) bond motifs is 1. The lowest BCUT2D eigenvalue weighted by Gasteiger charge is -2.18. The van der Waals surface area contributed by atoms with Gasteiger partial charge in [-0.15, -0.1) is 0 Å². The first-order chi connectivity index (χ1) is 8.25. The second-order valence-electron chi connectivity index (χ2n) is 5.13. The van der Waals surface area contributed by atoms with E-state index in [1.165, 1.54) is 0 Å². The van der Waals surface area contributed by atoms with Gasteiger partial charge in [0.1, 0.15) is 6.61 Å². The summed E-state index contributed by atoms with van der Waals surface area (Å²) in [6, 6.07) is 9.81.